The number of hydrogen-bond donors (Lipinski definition) is 2. The largest absolute Gasteiger partial charge is 0.379 e. The third-order valence-corrected chi connectivity index (χ3v) is 5.10. The lowest BCUT2D eigenvalue weighted by Crippen LogP contribution is -2.50. The van der Waals surface area contributed by atoms with Gasteiger partial charge in [0, 0.05) is 39.3 Å². The number of aliphatic imine (C=N–C) groups is 1. The van der Waals surface area contributed by atoms with Gasteiger partial charge in [0.15, 0.2) is 5.96 Å². The van der Waals surface area contributed by atoms with Crippen LogP contribution in [0.1, 0.15) is 45.2 Å². The summed E-state index contributed by atoms with van der Waals surface area (Å²) in [7, 11) is 1.83. The molecule has 29 heavy (non-hydrogen) atoms. The molecule has 1 aromatic rings. The van der Waals surface area contributed by atoms with Crippen molar-refractivity contribution in [2.75, 3.05) is 39.9 Å². The van der Waals surface area contributed by atoms with Crippen LogP contribution in [0.5, 0.6) is 0 Å². The van der Waals surface area contributed by atoms with E-state index in [1.807, 2.05) is 7.05 Å². The second kappa shape index (κ2) is 12.8. The van der Waals surface area contributed by atoms with E-state index in [4.69, 9.17) is 9.47 Å². The van der Waals surface area contributed by atoms with Crippen LogP contribution >= 0.6 is 0 Å². The molecule has 1 heterocycles. The van der Waals surface area contributed by atoms with Crippen LogP contribution in [0, 0.1) is 5.92 Å². The lowest BCUT2D eigenvalue weighted by Gasteiger charge is -2.35. The molecule has 2 rings (SSSR count). The van der Waals surface area contributed by atoms with Gasteiger partial charge in [0.2, 0.25) is 0 Å². The maximum absolute atomic E-state index is 5.66. The SMILES string of the molecule is CN=C(NCc1ccc(COC(C)C)cc1)NCC(CC(C)C)N1CCOCC1. The molecule has 6 nitrogen and oxygen atoms in total. The standard InChI is InChI=1S/C23H40N4O2/c1-18(2)14-22(27-10-12-28-13-11-27)16-26-23(24-5)25-15-20-6-8-21(9-7-20)17-29-19(3)4/h6-9,18-19,22H,10-17H2,1-5H3,(H2,24,25,26). The van der Waals surface area contributed by atoms with E-state index in [1.54, 1.807) is 0 Å². The highest BCUT2D eigenvalue weighted by Crippen LogP contribution is 2.13. The quantitative estimate of drug-likeness (QED) is 0.464. The first-order valence-electron chi connectivity index (χ1n) is 10.9. The topological polar surface area (TPSA) is 58.1 Å². The summed E-state index contributed by atoms with van der Waals surface area (Å²) >= 11 is 0. The van der Waals surface area contributed by atoms with Crippen LogP contribution in [0.15, 0.2) is 29.3 Å². The number of rotatable bonds is 10. The fourth-order valence-electron chi connectivity index (χ4n) is 3.49. The molecule has 0 bridgehead atoms. The summed E-state index contributed by atoms with van der Waals surface area (Å²) in [6.45, 7) is 14.7. The van der Waals surface area contributed by atoms with Crippen molar-refractivity contribution < 1.29 is 9.47 Å². The van der Waals surface area contributed by atoms with Crippen LogP contribution in [-0.2, 0) is 22.6 Å². The van der Waals surface area contributed by atoms with Crippen LogP contribution in [0.3, 0.4) is 0 Å². The normalized spacial score (nSPS) is 17.0. The van der Waals surface area contributed by atoms with Crippen molar-refractivity contribution in [1.29, 1.82) is 0 Å². The predicted octanol–water partition coefficient (Wildman–Crippen LogP) is 3.02. The lowest BCUT2D eigenvalue weighted by atomic mass is 10.0. The molecule has 1 fully saturated rings. The van der Waals surface area contributed by atoms with Crippen molar-refractivity contribution in [2.45, 2.75) is 59.4 Å². The molecule has 1 aliphatic heterocycles. The van der Waals surface area contributed by atoms with Crippen molar-refractivity contribution in [3.05, 3.63) is 35.4 Å². The third kappa shape index (κ3) is 9.15. The number of nitrogens with one attached hydrogen (secondary N) is 2. The Bertz CT molecular complexity index is 595. The maximum atomic E-state index is 5.66. The molecule has 0 aliphatic carbocycles. The lowest BCUT2D eigenvalue weighted by molar-refractivity contribution is 0.0132. The molecule has 164 valence electrons. The van der Waals surface area contributed by atoms with Gasteiger partial charge in [0.1, 0.15) is 0 Å². The Labute approximate surface area is 177 Å². The first-order chi connectivity index (χ1) is 14.0. The summed E-state index contributed by atoms with van der Waals surface area (Å²) in [6.07, 6.45) is 1.42. The Hall–Kier alpha value is -1.63. The van der Waals surface area contributed by atoms with Gasteiger partial charge in [-0.15, -0.1) is 0 Å². The number of ether oxygens (including phenoxy) is 2. The van der Waals surface area contributed by atoms with Gasteiger partial charge in [-0.1, -0.05) is 38.1 Å². The van der Waals surface area contributed by atoms with E-state index in [9.17, 15) is 0 Å². The Kier molecular flexibility index (Phi) is 10.5. The Morgan fingerprint density at radius 2 is 1.72 bits per heavy atom. The van der Waals surface area contributed by atoms with Gasteiger partial charge in [0.25, 0.3) is 0 Å². The van der Waals surface area contributed by atoms with E-state index in [-0.39, 0.29) is 6.10 Å². The molecular formula is C23H40N4O2. The van der Waals surface area contributed by atoms with Crippen LogP contribution in [-0.4, -0.2) is 62.9 Å². The third-order valence-electron chi connectivity index (χ3n) is 5.10. The first-order valence-corrected chi connectivity index (χ1v) is 10.9. The van der Waals surface area contributed by atoms with Gasteiger partial charge in [-0.2, -0.15) is 0 Å². The molecule has 0 spiro atoms. The minimum atomic E-state index is 0.253. The zero-order chi connectivity index (χ0) is 21.1. The van der Waals surface area contributed by atoms with Crippen LogP contribution in [0.2, 0.25) is 0 Å². The van der Waals surface area contributed by atoms with Gasteiger partial charge in [-0.05, 0) is 37.3 Å². The zero-order valence-electron chi connectivity index (χ0n) is 18.9. The summed E-state index contributed by atoms with van der Waals surface area (Å²) in [4.78, 5) is 6.94. The van der Waals surface area contributed by atoms with E-state index in [0.29, 0.717) is 18.6 Å². The van der Waals surface area contributed by atoms with E-state index in [0.717, 1.165) is 45.4 Å². The minimum absolute atomic E-state index is 0.253. The first kappa shape index (κ1) is 23.6. The number of guanidine groups is 1. The highest BCUT2D eigenvalue weighted by atomic mass is 16.5. The van der Waals surface area contributed by atoms with Gasteiger partial charge in [0.05, 0.1) is 25.9 Å². The molecule has 0 saturated carbocycles. The van der Waals surface area contributed by atoms with Gasteiger partial charge in [-0.3, -0.25) is 9.89 Å². The summed E-state index contributed by atoms with van der Waals surface area (Å²) in [5.41, 5.74) is 2.43. The zero-order valence-corrected chi connectivity index (χ0v) is 18.9. The predicted molar refractivity (Wildman–Crippen MR) is 120 cm³/mol. The molecule has 1 saturated heterocycles. The van der Waals surface area contributed by atoms with Gasteiger partial charge >= 0.3 is 0 Å². The summed E-state index contributed by atoms with van der Waals surface area (Å²) in [5, 5.41) is 6.95. The maximum Gasteiger partial charge on any atom is 0.191 e. The molecule has 1 atom stereocenters. The van der Waals surface area contributed by atoms with Gasteiger partial charge < -0.3 is 20.1 Å². The van der Waals surface area contributed by atoms with E-state index >= 15 is 0 Å². The minimum Gasteiger partial charge on any atom is -0.379 e. The van der Waals surface area contributed by atoms with Crippen molar-refractivity contribution >= 4 is 5.96 Å². The molecule has 0 aromatic heterocycles. The summed E-state index contributed by atoms with van der Waals surface area (Å²) in [6, 6.07) is 9.06. The van der Waals surface area contributed by atoms with Crippen LogP contribution in [0.4, 0.5) is 0 Å². The monoisotopic (exact) mass is 404 g/mol. The summed E-state index contributed by atoms with van der Waals surface area (Å²) < 4.78 is 11.2. The Morgan fingerprint density at radius 3 is 2.31 bits per heavy atom. The number of nitrogens with zero attached hydrogens (tertiary/aromatic N) is 2. The number of morpholine rings is 1. The highest BCUT2D eigenvalue weighted by molar-refractivity contribution is 5.79. The average Bonchev–Trinajstić information content (AvgIpc) is 2.72. The summed E-state index contributed by atoms with van der Waals surface area (Å²) in [5.74, 6) is 1.51. The van der Waals surface area contributed by atoms with E-state index < -0.39 is 0 Å². The van der Waals surface area contributed by atoms with Crippen molar-refractivity contribution in [2.24, 2.45) is 10.9 Å². The smallest absolute Gasteiger partial charge is 0.191 e. The van der Waals surface area contributed by atoms with Gasteiger partial charge in [-0.25, -0.2) is 0 Å². The van der Waals surface area contributed by atoms with E-state index in [1.165, 1.54) is 17.5 Å². The van der Waals surface area contributed by atoms with Crippen molar-refractivity contribution in [3.8, 4) is 0 Å². The number of hydrogen-bond acceptors (Lipinski definition) is 4. The molecule has 1 aromatic carbocycles. The Balaban J connectivity index is 1.81. The molecule has 6 heteroatoms. The van der Waals surface area contributed by atoms with Crippen LogP contribution in [0.25, 0.3) is 0 Å². The molecule has 2 N–H and O–H groups in total. The highest BCUT2D eigenvalue weighted by Gasteiger charge is 2.22. The Morgan fingerprint density at radius 1 is 1.07 bits per heavy atom. The molecule has 0 radical (unpaired) electrons. The number of benzene rings is 1. The fraction of sp³-hybridized carbons (Fsp3) is 0.696. The van der Waals surface area contributed by atoms with Crippen molar-refractivity contribution in [1.82, 2.24) is 15.5 Å². The second-order valence-electron chi connectivity index (χ2n) is 8.41. The van der Waals surface area contributed by atoms with E-state index in [2.05, 4.69) is 72.5 Å². The van der Waals surface area contributed by atoms with Crippen LogP contribution < -0.4 is 10.6 Å². The second-order valence-corrected chi connectivity index (χ2v) is 8.41. The van der Waals surface area contributed by atoms with Crippen molar-refractivity contribution in [3.63, 3.8) is 0 Å². The fourth-order valence-corrected chi connectivity index (χ4v) is 3.49. The molecule has 0 amide bonds. The molecule has 1 aliphatic rings. The molecule has 1 unspecified atom stereocenters. The molecular weight excluding hydrogens is 364 g/mol. The average molecular weight is 405 g/mol.